The predicted octanol–water partition coefficient (Wildman–Crippen LogP) is 11.9. The molecule has 0 atom stereocenters. The Labute approximate surface area is 294 Å². The maximum atomic E-state index is 5.26. The molecule has 0 N–H and O–H groups in total. The van der Waals surface area contributed by atoms with Crippen LogP contribution < -0.4 is 0 Å². The lowest BCUT2D eigenvalue weighted by atomic mass is 9.96. The average molecular weight is 649 g/mol. The number of rotatable bonds is 4. The summed E-state index contributed by atoms with van der Waals surface area (Å²) in [5.74, 6) is 1.95. The fourth-order valence-electron chi connectivity index (χ4n) is 8.07. The molecule has 4 heteroatoms. The molecule has 0 amide bonds. The average Bonchev–Trinajstić information content (AvgIpc) is 3.70. The van der Waals surface area contributed by atoms with E-state index >= 15 is 0 Å². The van der Waals surface area contributed by atoms with Gasteiger partial charge < -0.3 is 4.57 Å². The SMILES string of the molecule is c1ccc(-c2nc(-c3ccccc3)nc(-c3cc(-n4c5ccccc5c5cc6ccccc6cc54)cc4c3-c3cccc5cccc-4c35)n2)cc1. The van der Waals surface area contributed by atoms with Crippen LogP contribution in [-0.2, 0) is 0 Å². The van der Waals surface area contributed by atoms with Crippen LogP contribution >= 0.6 is 0 Å². The molecule has 0 bridgehead atoms. The molecule has 1 aliphatic rings. The number of hydrogen-bond acceptors (Lipinski definition) is 3. The van der Waals surface area contributed by atoms with Gasteiger partial charge in [-0.3, -0.25) is 0 Å². The smallest absolute Gasteiger partial charge is 0.164 e. The molecule has 11 rings (SSSR count). The van der Waals surface area contributed by atoms with Crippen LogP contribution in [0.15, 0.2) is 170 Å². The van der Waals surface area contributed by atoms with Crippen molar-refractivity contribution in [2.24, 2.45) is 0 Å². The number of nitrogens with zero attached hydrogens (tertiary/aromatic N) is 4. The van der Waals surface area contributed by atoms with E-state index in [4.69, 9.17) is 15.0 Å². The molecule has 4 nitrogen and oxygen atoms in total. The first-order valence-electron chi connectivity index (χ1n) is 17.3. The van der Waals surface area contributed by atoms with E-state index in [0.29, 0.717) is 17.5 Å². The summed E-state index contributed by atoms with van der Waals surface area (Å²) in [5.41, 5.74) is 11.0. The largest absolute Gasteiger partial charge is 0.309 e. The molecule has 0 aliphatic heterocycles. The van der Waals surface area contributed by atoms with Crippen molar-refractivity contribution in [1.29, 1.82) is 0 Å². The summed E-state index contributed by atoms with van der Waals surface area (Å²) in [4.78, 5) is 15.5. The Morgan fingerprint density at radius 3 is 1.65 bits per heavy atom. The summed E-state index contributed by atoms with van der Waals surface area (Å²) in [5, 5.41) is 7.39. The Balaban J connectivity index is 1.27. The molecule has 2 aromatic heterocycles. The Kier molecular flexibility index (Phi) is 5.92. The molecule has 0 fully saturated rings. The predicted molar refractivity (Wildman–Crippen MR) is 210 cm³/mol. The molecule has 51 heavy (non-hydrogen) atoms. The van der Waals surface area contributed by atoms with Crippen molar-refractivity contribution in [2.45, 2.75) is 0 Å². The molecule has 10 aromatic rings. The summed E-state index contributed by atoms with van der Waals surface area (Å²) in [6.45, 7) is 0. The van der Waals surface area contributed by atoms with Gasteiger partial charge in [0.15, 0.2) is 17.5 Å². The fraction of sp³-hybridized carbons (Fsp3) is 0. The monoisotopic (exact) mass is 648 g/mol. The summed E-state index contributed by atoms with van der Waals surface area (Å²) < 4.78 is 2.42. The lowest BCUT2D eigenvalue weighted by Crippen LogP contribution is -2.02. The number of fused-ring (bicyclic) bond motifs is 7. The number of aromatic nitrogens is 4. The highest BCUT2D eigenvalue weighted by Crippen LogP contribution is 2.52. The van der Waals surface area contributed by atoms with E-state index in [9.17, 15) is 0 Å². The van der Waals surface area contributed by atoms with Crippen molar-refractivity contribution >= 4 is 43.4 Å². The fourth-order valence-corrected chi connectivity index (χ4v) is 8.07. The lowest BCUT2D eigenvalue weighted by Gasteiger charge is -2.16. The van der Waals surface area contributed by atoms with Crippen molar-refractivity contribution in [3.05, 3.63) is 170 Å². The van der Waals surface area contributed by atoms with Gasteiger partial charge in [-0.2, -0.15) is 0 Å². The quantitative estimate of drug-likeness (QED) is 0.191. The van der Waals surface area contributed by atoms with Crippen LogP contribution in [0, 0.1) is 0 Å². The normalized spacial score (nSPS) is 11.9. The first-order chi connectivity index (χ1) is 25.3. The van der Waals surface area contributed by atoms with E-state index in [-0.39, 0.29) is 0 Å². The topological polar surface area (TPSA) is 43.6 Å². The van der Waals surface area contributed by atoms with E-state index in [1.807, 2.05) is 36.4 Å². The number of hydrogen-bond donors (Lipinski definition) is 0. The minimum Gasteiger partial charge on any atom is -0.309 e. The standard InChI is InChI=1S/C47H28N4/c1-3-13-30(14-4-1)45-48-46(31-15-5-2-6-16-31)50-47(49-45)40-28-34(27-39-36-22-11-19-29-20-12-23-37(43(29)36)44(39)40)51-41-24-10-9-21-35(41)38-25-32-17-7-8-18-33(32)26-42(38)51/h1-28H. The van der Waals surface area contributed by atoms with Gasteiger partial charge in [0, 0.05) is 38.7 Å². The van der Waals surface area contributed by atoms with Crippen LogP contribution in [0.25, 0.3) is 105 Å². The van der Waals surface area contributed by atoms with E-state index in [1.165, 1.54) is 54.5 Å². The Morgan fingerprint density at radius 2 is 0.922 bits per heavy atom. The molecular weight excluding hydrogens is 621 g/mol. The van der Waals surface area contributed by atoms with E-state index < -0.39 is 0 Å². The zero-order chi connectivity index (χ0) is 33.5. The molecule has 0 spiro atoms. The summed E-state index contributed by atoms with van der Waals surface area (Å²) in [7, 11) is 0. The number of benzene rings is 8. The van der Waals surface area contributed by atoms with Gasteiger partial charge in [-0.05, 0) is 68.6 Å². The molecule has 0 unspecified atom stereocenters. The zero-order valence-electron chi connectivity index (χ0n) is 27.5. The van der Waals surface area contributed by atoms with E-state index in [0.717, 1.165) is 33.5 Å². The van der Waals surface area contributed by atoms with Crippen LogP contribution in [-0.4, -0.2) is 19.5 Å². The summed E-state index contributed by atoms with van der Waals surface area (Å²) >= 11 is 0. The molecular formula is C47H28N4. The van der Waals surface area contributed by atoms with Gasteiger partial charge in [-0.15, -0.1) is 0 Å². The van der Waals surface area contributed by atoms with Gasteiger partial charge in [-0.25, -0.2) is 15.0 Å². The highest BCUT2D eigenvalue weighted by Gasteiger charge is 2.28. The van der Waals surface area contributed by atoms with Gasteiger partial charge in [0.2, 0.25) is 0 Å². The zero-order valence-corrected chi connectivity index (χ0v) is 27.5. The van der Waals surface area contributed by atoms with Crippen molar-refractivity contribution in [2.75, 3.05) is 0 Å². The maximum Gasteiger partial charge on any atom is 0.164 e. The Morgan fingerprint density at radius 1 is 0.353 bits per heavy atom. The third-order valence-corrected chi connectivity index (χ3v) is 10.3. The van der Waals surface area contributed by atoms with Crippen LogP contribution in [0.5, 0.6) is 0 Å². The minimum absolute atomic E-state index is 0.649. The number of para-hydroxylation sites is 1. The Bertz CT molecular complexity index is 2950. The third kappa shape index (κ3) is 4.23. The molecule has 0 radical (unpaired) electrons. The first kappa shape index (κ1) is 28.0. The summed E-state index contributed by atoms with van der Waals surface area (Å²) in [6.07, 6.45) is 0. The van der Waals surface area contributed by atoms with Crippen molar-refractivity contribution in [3.8, 4) is 62.1 Å². The molecule has 0 saturated carbocycles. The van der Waals surface area contributed by atoms with Gasteiger partial charge in [0.05, 0.1) is 11.0 Å². The van der Waals surface area contributed by atoms with Crippen LogP contribution in [0.2, 0.25) is 0 Å². The van der Waals surface area contributed by atoms with Crippen molar-refractivity contribution in [1.82, 2.24) is 19.5 Å². The van der Waals surface area contributed by atoms with Gasteiger partial charge >= 0.3 is 0 Å². The lowest BCUT2D eigenvalue weighted by molar-refractivity contribution is 1.07. The van der Waals surface area contributed by atoms with Gasteiger partial charge in [0.25, 0.3) is 0 Å². The van der Waals surface area contributed by atoms with E-state index in [1.54, 1.807) is 0 Å². The molecule has 1 aliphatic carbocycles. The molecule has 236 valence electrons. The highest BCUT2D eigenvalue weighted by molar-refractivity contribution is 6.19. The Hall–Kier alpha value is -6.91. The first-order valence-corrected chi connectivity index (χ1v) is 17.3. The van der Waals surface area contributed by atoms with Gasteiger partial charge in [0.1, 0.15) is 0 Å². The van der Waals surface area contributed by atoms with Crippen molar-refractivity contribution in [3.63, 3.8) is 0 Å². The van der Waals surface area contributed by atoms with Crippen LogP contribution in [0.4, 0.5) is 0 Å². The third-order valence-electron chi connectivity index (χ3n) is 10.3. The second-order valence-electron chi connectivity index (χ2n) is 13.2. The van der Waals surface area contributed by atoms with Crippen LogP contribution in [0.1, 0.15) is 0 Å². The van der Waals surface area contributed by atoms with Gasteiger partial charge in [-0.1, -0.05) is 140 Å². The van der Waals surface area contributed by atoms with Crippen molar-refractivity contribution < 1.29 is 0 Å². The second-order valence-corrected chi connectivity index (χ2v) is 13.2. The highest BCUT2D eigenvalue weighted by atomic mass is 15.0. The summed E-state index contributed by atoms with van der Waals surface area (Å²) in [6, 6.07) is 60.3. The maximum absolute atomic E-state index is 5.26. The molecule has 8 aromatic carbocycles. The molecule has 0 saturated heterocycles. The molecule has 2 heterocycles. The minimum atomic E-state index is 0.649. The van der Waals surface area contributed by atoms with Crippen LogP contribution in [0.3, 0.4) is 0 Å². The van der Waals surface area contributed by atoms with E-state index in [2.05, 4.69) is 138 Å². The second kappa shape index (κ2) is 10.8.